The molecule has 0 aromatic carbocycles. The number of nitrogens with zero attached hydrogens (tertiary/aromatic N) is 1. The first-order valence-corrected chi connectivity index (χ1v) is 7.93. The second-order valence-corrected chi connectivity index (χ2v) is 6.48. The van der Waals surface area contributed by atoms with E-state index < -0.39 is 0 Å². The van der Waals surface area contributed by atoms with Gasteiger partial charge in [-0.2, -0.15) is 5.26 Å². The van der Waals surface area contributed by atoms with Crippen molar-refractivity contribution in [1.82, 2.24) is 5.32 Å². The number of nitriles is 1. The highest BCUT2D eigenvalue weighted by Crippen LogP contribution is 2.33. The Kier molecular flexibility index (Phi) is 5.06. The van der Waals surface area contributed by atoms with Gasteiger partial charge in [0, 0.05) is 6.04 Å². The van der Waals surface area contributed by atoms with Gasteiger partial charge in [0.1, 0.15) is 5.54 Å². The summed E-state index contributed by atoms with van der Waals surface area (Å²) in [5.41, 5.74) is -0.282. The lowest BCUT2D eigenvalue weighted by Gasteiger charge is -2.38. The van der Waals surface area contributed by atoms with Crippen LogP contribution in [0, 0.1) is 17.2 Å². The summed E-state index contributed by atoms with van der Waals surface area (Å²) in [5, 5.41) is 13.4. The maximum atomic E-state index is 9.63. The summed E-state index contributed by atoms with van der Waals surface area (Å²) >= 11 is 0. The SMILES string of the molecule is CC(C#N)(NC1CCCCCC1)C1CCCCC1. The molecule has 0 aliphatic heterocycles. The van der Waals surface area contributed by atoms with Crippen LogP contribution in [0.25, 0.3) is 0 Å². The molecule has 0 amide bonds. The highest BCUT2D eigenvalue weighted by molar-refractivity contribution is 5.09. The van der Waals surface area contributed by atoms with E-state index in [4.69, 9.17) is 0 Å². The van der Waals surface area contributed by atoms with Crippen molar-refractivity contribution in [2.45, 2.75) is 89.1 Å². The van der Waals surface area contributed by atoms with Gasteiger partial charge in [0.25, 0.3) is 0 Å². The maximum Gasteiger partial charge on any atom is 0.106 e. The fraction of sp³-hybridized carbons (Fsp3) is 0.938. The molecular weight excluding hydrogens is 220 g/mol. The normalized spacial score (nSPS) is 27.1. The Morgan fingerprint density at radius 2 is 1.39 bits per heavy atom. The first-order valence-electron chi connectivity index (χ1n) is 7.93. The second kappa shape index (κ2) is 6.57. The molecule has 1 N–H and O–H groups in total. The summed E-state index contributed by atoms with van der Waals surface area (Å²) in [6.45, 7) is 2.15. The van der Waals surface area contributed by atoms with Crippen molar-refractivity contribution < 1.29 is 0 Å². The molecular formula is C16H28N2. The number of nitrogens with one attached hydrogen (secondary N) is 1. The third-order valence-corrected chi connectivity index (χ3v) is 5.01. The summed E-state index contributed by atoms with van der Waals surface area (Å²) < 4.78 is 0. The highest BCUT2D eigenvalue weighted by atomic mass is 15.0. The van der Waals surface area contributed by atoms with Gasteiger partial charge >= 0.3 is 0 Å². The lowest BCUT2D eigenvalue weighted by atomic mass is 9.76. The van der Waals surface area contributed by atoms with Crippen LogP contribution in [0.5, 0.6) is 0 Å². The summed E-state index contributed by atoms with van der Waals surface area (Å²) in [5.74, 6) is 0.569. The van der Waals surface area contributed by atoms with E-state index in [-0.39, 0.29) is 5.54 Å². The molecule has 2 aliphatic rings. The second-order valence-electron chi connectivity index (χ2n) is 6.48. The van der Waals surface area contributed by atoms with Crippen LogP contribution < -0.4 is 5.32 Å². The predicted molar refractivity (Wildman–Crippen MR) is 75.2 cm³/mol. The van der Waals surface area contributed by atoms with Gasteiger partial charge in [-0.3, -0.25) is 5.32 Å². The van der Waals surface area contributed by atoms with E-state index in [1.807, 2.05) is 0 Å². The average molecular weight is 248 g/mol. The third-order valence-electron chi connectivity index (χ3n) is 5.01. The van der Waals surface area contributed by atoms with E-state index in [2.05, 4.69) is 18.3 Å². The van der Waals surface area contributed by atoms with Gasteiger partial charge in [-0.1, -0.05) is 44.9 Å². The standard InChI is InChI=1S/C16H28N2/c1-16(13-17,14-9-5-4-6-10-14)18-15-11-7-2-3-8-12-15/h14-15,18H,2-12H2,1H3. The molecule has 0 spiro atoms. The monoisotopic (exact) mass is 248 g/mol. The van der Waals surface area contributed by atoms with Gasteiger partial charge in [0.2, 0.25) is 0 Å². The van der Waals surface area contributed by atoms with E-state index in [0.29, 0.717) is 12.0 Å². The molecule has 0 aromatic rings. The Labute approximate surface area is 112 Å². The van der Waals surface area contributed by atoms with Crippen molar-refractivity contribution >= 4 is 0 Å². The zero-order valence-corrected chi connectivity index (χ0v) is 11.9. The lowest BCUT2D eigenvalue weighted by Crippen LogP contribution is -2.52. The van der Waals surface area contributed by atoms with Crippen molar-refractivity contribution in [3.05, 3.63) is 0 Å². The van der Waals surface area contributed by atoms with Crippen molar-refractivity contribution in [3.63, 3.8) is 0 Å². The molecule has 2 rings (SSSR count). The molecule has 0 aromatic heterocycles. The summed E-state index contributed by atoms with van der Waals surface area (Å²) in [7, 11) is 0. The Morgan fingerprint density at radius 1 is 0.889 bits per heavy atom. The van der Waals surface area contributed by atoms with Crippen LogP contribution in [-0.4, -0.2) is 11.6 Å². The fourth-order valence-corrected chi connectivity index (χ4v) is 3.77. The Hall–Kier alpha value is -0.550. The molecule has 0 saturated heterocycles. The van der Waals surface area contributed by atoms with Crippen LogP contribution in [0.1, 0.15) is 77.6 Å². The number of rotatable bonds is 3. The van der Waals surface area contributed by atoms with Crippen molar-refractivity contribution in [1.29, 1.82) is 5.26 Å². The van der Waals surface area contributed by atoms with Crippen molar-refractivity contribution in [3.8, 4) is 6.07 Å². The largest absolute Gasteiger partial charge is 0.297 e. The minimum Gasteiger partial charge on any atom is -0.297 e. The summed E-state index contributed by atoms with van der Waals surface area (Å²) in [6.07, 6.45) is 14.4. The van der Waals surface area contributed by atoms with Crippen LogP contribution >= 0.6 is 0 Å². The van der Waals surface area contributed by atoms with Gasteiger partial charge < -0.3 is 0 Å². The lowest BCUT2D eigenvalue weighted by molar-refractivity contribution is 0.203. The molecule has 18 heavy (non-hydrogen) atoms. The molecule has 2 heteroatoms. The summed E-state index contributed by atoms with van der Waals surface area (Å²) in [6, 6.07) is 3.19. The summed E-state index contributed by atoms with van der Waals surface area (Å²) in [4.78, 5) is 0. The van der Waals surface area contributed by atoms with Crippen LogP contribution in [-0.2, 0) is 0 Å². The zero-order valence-electron chi connectivity index (χ0n) is 11.9. The van der Waals surface area contributed by atoms with Gasteiger partial charge in [0.05, 0.1) is 6.07 Å². The molecule has 1 atom stereocenters. The van der Waals surface area contributed by atoms with Crippen molar-refractivity contribution in [2.75, 3.05) is 0 Å². The predicted octanol–water partition coefficient (Wildman–Crippen LogP) is 4.16. The molecule has 0 radical (unpaired) electrons. The Bertz CT molecular complexity index is 280. The van der Waals surface area contributed by atoms with Crippen LogP contribution in [0.3, 0.4) is 0 Å². The zero-order chi connectivity index (χ0) is 12.8. The smallest absolute Gasteiger partial charge is 0.106 e. The molecule has 2 saturated carbocycles. The van der Waals surface area contributed by atoms with Gasteiger partial charge in [-0.15, -0.1) is 0 Å². The number of hydrogen-bond donors (Lipinski definition) is 1. The molecule has 2 fully saturated rings. The quantitative estimate of drug-likeness (QED) is 0.761. The van der Waals surface area contributed by atoms with E-state index in [9.17, 15) is 5.26 Å². The van der Waals surface area contributed by atoms with E-state index in [0.717, 1.165) is 0 Å². The van der Waals surface area contributed by atoms with Gasteiger partial charge in [-0.05, 0) is 38.5 Å². The topological polar surface area (TPSA) is 35.8 Å². The molecule has 2 nitrogen and oxygen atoms in total. The van der Waals surface area contributed by atoms with E-state index in [1.165, 1.54) is 70.6 Å². The van der Waals surface area contributed by atoms with Crippen LogP contribution in [0.15, 0.2) is 0 Å². The average Bonchev–Trinajstić information content (AvgIpc) is 2.68. The van der Waals surface area contributed by atoms with E-state index in [1.54, 1.807) is 0 Å². The van der Waals surface area contributed by atoms with Crippen molar-refractivity contribution in [2.24, 2.45) is 5.92 Å². The molecule has 0 heterocycles. The van der Waals surface area contributed by atoms with Gasteiger partial charge in [-0.25, -0.2) is 0 Å². The minimum atomic E-state index is -0.282. The first-order chi connectivity index (χ1) is 8.74. The maximum absolute atomic E-state index is 9.63. The third kappa shape index (κ3) is 3.48. The first kappa shape index (κ1) is 13.9. The Balaban J connectivity index is 1.95. The minimum absolute atomic E-state index is 0.282. The molecule has 2 aliphatic carbocycles. The number of hydrogen-bond acceptors (Lipinski definition) is 2. The van der Waals surface area contributed by atoms with E-state index >= 15 is 0 Å². The van der Waals surface area contributed by atoms with Crippen LogP contribution in [0.4, 0.5) is 0 Å². The molecule has 1 unspecified atom stereocenters. The van der Waals surface area contributed by atoms with Crippen LogP contribution in [0.2, 0.25) is 0 Å². The van der Waals surface area contributed by atoms with Gasteiger partial charge in [0.15, 0.2) is 0 Å². The molecule has 0 bridgehead atoms. The molecule has 102 valence electrons. The highest BCUT2D eigenvalue weighted by Gasteiger charge is 2.36. The fourth-order valence-electron chi connectivity index (χ4n) is 3.77. The Morgan fingerprint density at radius 3 is 1.94 bits per heavy atom.